The van der Waals surface area contributed by atoms with Gasteiger partial charge in [-0.25, -0.2) is 8.42 Å². The Morgan fingerprint density at radius 1 is 1.14 bits per heavy atom. The van der Waals surface area contributed by atoms with Crippen molar-refractivity contribution in [2.75, 3.05) is 13.1 Å². The predicted octanol–water partition coefficient (Wildman–Crippen LogP) is 3.35. The second-order valence-corrected chi connectivity index (χ2v) is 7.15. The van der Waals surface area contributed by atoms with Gasteiger partial charge in [-0.3, -0.25) is 4.98 Å². The Labute approximate surface area is 126 Å². The first-order chi connectivity index (χ1) is 10.0. The molecule has 0 aliphatic carbocycles. The summed E-state index contributed by atoms with van der Waals surface area (Å²) in [6, 6.07) is 7.30. The van der Waals surface area contributed by atoms with E-state index < -0.39 is 10.0 Å². The van der Waals surface area contributed by atoms with Crippen molar-refractivity contribution in [3.63, 3.8) is 0 Å². The van der Waals surface area contributed by atoms with E-state index in [9.17, 15) is 8.42 Å². The summed E-state index contributed by atoms with van der Waals surface area (Å²) in [6.45, 7) is 7.01. The second-order valence-electron chi connectivity index (χ2n) is 5.24. The van der Waals surface area contributed by atoms with Gasteiger partial charge in [0.2, 0.25) is 10.0 Å². The Kier molecular flexibility index (Phi) is 4.96. The average molecular weight is 306 g/mol. The lowest BCUT2D eigenvalue weighted by molar-refractivity contribution is 0.410. The second kappa shape index (κ2) is 6.54. The van der Waals surface area contributed by atoms with Gasteiger partial charge < -0.3 is 0 Å². The van der Waals surface area contributed by atoms with Crippen LogP contribution in [0.2, 0.25) is 0 Å². The van der Waals surface area contributed by atoms with Crippen LogP contribution in [-0.4, -0.2) is 30.8 Å². The topological polar surface area (TPSA) is 50.3 Å². The molecular formula is C16H22N2O2S. The predicted molar refractivity (Wildman–Crippen MR) is 85.8 cm³/mol. The molecule has 0 saturated heterocycles. The highest BCUT2D eigenvalue weighted by molar-refractivity contribution is 7.89. The van der Waals surface area contributed by atoms with E-state index in [1.54, 1.807) is 22.6 Å². The maximum atomic E-state index is 12.9. The molecule has 0 bridgehead atoms. The number of hydrogen-bond acceptors (Lipinski definition) is 3. The number of nitrogens with zero attached hydrogens (tertiary/aromatic N) is 2. The van der Waals surface area contributed by atoms with E-state index in [2.05, 4.69) is 4.98 Å². The fraction of sp³-hybridized carbons (Fsp3) is 0.438. The number of benzene rings is 1. The van der Waals surface area contributed by atoms with Crippen molar-refractivity contribution in [2.24, 2.45) is 0 Å². The molecule has 0 saturated carbocycles. The number of sulfonamides is 1. The molecule has 5 heteroatoms. The minimum absolute atomic E-state index is 0.307. The third-order valence-electron chi connectivity index (χ3n) is 3.37. The van der Waals surface area contributed by atoms with Crippen molar-refractivity contribution in [3.05, 3.63) is 36.0 Å². The van der Waals surface area contributed by atoms with Crippen LogP contribution in [0.15, 0.2) is 35.4 Å². The van der Waals surface area contributed by atoms with Crippen molar-refractivity contribution in [1.82, 2.24) is 9.29 Å². The molecule has 0 atom stereocenters. The molecule has 2 aromatic rings. The highest BCUT2D eigenvalue weighted by Crippen LogP contribution is 2.25. The lowest BCUT2D eigenvalue weighted by Gasteiger charge is -2.21. The van der Waals surface area contributed by atoms with Crippen molar-refractivity contribution in [1.29, 1.82) is 0 Å². The number of pyridine rings is 1. The van der Waals surface area contributed by atoms with Crippen LogP contribution in [0.4, 0.5) is 0 Å². The van der Waals surface area contributed by atoms with Crippen molar-refractivity contribution in [3.8, 4) is 0 Å². The van der Waals surface area contributed by atoms with E-state index >= 15 is 0 Å². The molecule has 0 amide bonds. The summed E-state index contributed by atoms with van der Waals surface area (Å²) in [4.78, 5) is 4.65. The van der Waals surface area contributed by atoms with E-state index in [4.69, 9.17) is 0 Å². The minimum atomic E-state index is -3.49. The van der Waals surface area contributed by atoms with Crippen LogP contribution in [-0.2, 0) is 10.0 Å². The van der Waals surface area contributed by atoms with Gasteiger partial charge in [0.15, 0.2) is 0 Å². The van der Waals surface area contributed by atoms with Gasteiger partial charge >= 0.3 is 0 Å². The molecule has 4 nitrogen and oxygen atoms in total. The zero-order valence-corrected chi connectivity index (χ0v) is 13.7. The van der Waals surface area contributed by atoms with Crippen LogP contribution in [0.1, 0.15) is 32.3 Å². The lowest BCUT2D eigenvalue weighted by Crippen LogP contribution is -2.32. The summed E-state index contributed by atoms with van der Waals surface area (Å²) in [5.41, 5.74) is 1.58. The number of para-hydroxylation sites is 1. The normalized spacial score (nSPS) is 12.2. The number of hydrogen-bond donors (Lipinski definition) is 0. The molecule has 0 N–H and O–H groups in total. The quantitative estimate of drug-likeness (QED) is 0.822. The highest BCUT2D eigenvalue weighted by atomic mass is 32.2. The molecule has 21 heavy (non-hydrogen) atoms. The first-order valence-corrected chi connectivity index (χ1v) is 8.80. The molecule has 0 aliphatic heterocycles. The number of aryl methyl sites for hydroxylation is 1. The SMILES string of the molecule is CCCN(CCC)S(=O)(=O)c1cccc2cc(C)cnc12. The Morgan fingerprint density at radius 2 is 1.81 bits per heavy atom. The van der Waals surface area contributed by atoms with Crippen LogP contribution in [0, 0.1) is 6.92 Å². The first kappa shape index (κ1) is 15.9. The largest absolute Gasteiger partial charge is 0.255 e. The van der Waals surface area contributed by atoms with Crippen molar-refractivity contribution >= 4 is 20.9 Å². The lowest BCUT2D eigenvalue weighted by atomic mass is 10.2. The smallest absolute Gasteiger partial charge is 0.245 e. The molecule has 0 radical (unpaired) electrons. The minimum Gasteiger partial charge on any atom is -0.255 e. The van der Waals surface area contributed by atoms with Crippen LogP contribution in [0.25, 0.3) is 10.9 Å². The van der Waals surface area contributed by atoms with Gasteiger partial charge in [0.05, 0.1) is 5.52 Å². The van der Waals surface area contributed by atoms with Gasteiger partial charge in [0.25, 0.3) is 0 Å². The number of aromatic nitrogens is 1. The maximum absolute atomic E-state index is 12.9. The third kappa shape index (κ3) is 3.24. The Morgan fingerprint density at radius 3 is 2.43 bits per heavy atom. The van der Waals surface area contributed by atoms with Gasteiger partial charge in [-0.1, -0.05) is 26.0 Å². The van der Waals surface area contributed by atoms with E-state index in [-0.39, 0.29) is 0 Å². The molecule has 1 aromatic heterocycles. The molecule has 0 spiro atoms. The van der Waals surface area contributed by atoms with E-state index in [0.717, 1.165) is 23.8 Å². The van der Waals surface area contributed by atoms with Crippen LogP contribution in [0.3, 0.4) is 0 Å². The summed E-state index contributed by atoms with van der Waals surface area (Å²) in [7, 11) is -3.49. The van der Waals surface area contributed by atoms with Gasteiger partial charge in [0.1, 0.15) is 4.90 Å². The summed E-state index contributed by atoms with van der Waals surface area (Å²) < 4.78 is 27.4. The molecular weight excluding hydrogens is 284 g/mol. The maximum Gasteiger partial charge on any atom is 0.245 e. The molecule has 1 aromatic carbocycles. The molecule has 1 heterocycles. The Hall–Kier alpha value is -1.46. The zero-order chi connectivity index (χ0) is 15.5. The van der Waals surface area contributed by atoms with E-state index in [1.807, 2.05) is 32.9 Å². The average Bonchev–Trinajstić information content (AvgIpc) is 2.46. The van der Waals surface area contributed by atoms with Gasteiger partial charge in [-0.05, 0) is 37.5 Å². The third-order valence-corrected chi connectivity index (χ3v) is 5.30. The van der Waals surface area contributed by atoms with Crippen LogP contribution < -0.4 is 0 Å². The Balaban J connectivity index is 2.58. The molecule has 0 aliphatic rings. The summed E-state index contributed by atoms with van der Waals surface area (Å²) in [5, 5.41) is 0.865. The Bertz CT molecular complexity index is 720. The standard InChI is InChI=1S/C16H22N2O2S/c1-4-9-18(10-5-2)21(19,20)15-8-6-7-14-11-13(3)12-17-16(14)15/h6-8,11-12H,4-5,9-10H2,1-3H3. The van der Waals surface area contributed by atoms with Crippen molar-refractivity contribution < 1.29 is 8.42 Å². The summed E-state index contributed by atoms with van der Waals surface area (Å²) >= 11 is 0. The van der Waals surface area contributed by atoms with E-state index in [1.165, 1.54) is 0 Å². The highest BCUT2D eigenvalue weighted by Gasteiger charge is 2.25. The summed E-state index contributed by atoms with van der Waals surface area (Å²) in [5.74, 6) is 0. The fourth-order valence-electron chi connectivity index (χ4n) is 2.44. The molecule has 0 fully saturated rings. The summed E-state index contributed by atoms with van der Waals surface area (Å²) in [6.07, 6.45) is 3.32. The fourth-order valence-corrected chi connectivity index (χ4v) is 4.23. The number of fused-ring (bicyclic) bond motifs is 1. The number of rotatable bonds is 6. The van der Waals surface area contributed by atoms with Crippen LogP contribution >= 0.6 is 0 Å². The van der Waals surface area contributed by atoms with Gasteiger partial charge in [0, 0.05) is 24.7 Å². The van der Waals surface area contributed by atoms with E-state index in [0.29, 0.717) is 23.5 Å². The van der Waals surface area contributed by atoms with Gasteiger partial charge in [-0.15, -0.1) is 0 Å². The van der Waals surface area contributed by atoms with Gasteiger partial charge in [-0.2, -0.15) is 4.31 Å². The molecule has 114 valence electrons. The monoisotopic (exact) mass is 306 g/mol. The van der Waals surface area contributed by atoms with Crippen LogP contribution in [0.5, 0.6) is 0 Å². The molecule has 0 unspecified atom stereocenters. The molecule has 2 rings (SSSR count). The first-order valence-electron chi connectivity index (χ1n) is 7.36. The zero-order valence-electron chi connectivity index (χ0n) is 12.8. The van der Waals surface area contributed by atoms with Crippen molar-refractivity contribution in [2.45, 2.75) is 38.5 Å².